The van der Waals surface area contributed by atoms with E-state index in [0.717, 1.165) is 37.5 Å². The normalized spacial score (nSPS) is 20.6. The SMILES string of the molecule is C[C@H](O)CN.C[C@H](O)CN(CC1CC1)CC1CC1.O=CC1CC1.S.S. The van der Waals surface area contributed by atoms with Gasteiger partial charge < -0.3 is 25.6 Å². The molecule has 3 rings (SSSR count). The van der Waals surface area contributed by atoms with Crippen molar-refractivity contribution in [3.05, 3.63) is 0 Å². The summed E-state index contributed by atoms with van der Waals surface area (Å²) in [6.45, 7) is 7.27. The standard InChI is InChI=1S/C11H21NO.C4H6O.C3H9NO.2H2S/c1-9(13)6-12(7-10-2-3-10)8-11-4-5-11;5-3-4-1-2-4;1-3(5)2-4;;/h9-11,13H,2-8H2,1H3;3-4H,1-2H2;3,5H,2,4H2,1H3;2*1H2/t9-;;3-;;/m0.0../s1. The summed E-state index contributed by atoms with van der Waals surface area (Å²) in [7, 11) is 0. The van der Waals surface area contributed by atoms with Gasteiger partial charge in [-0.2, -0.15) is 27.0 Å². The van der Waals surface area contributed by atoms with E-state index in [-0.39, 0.29) is 39.2 Å². The highest BCUT2D eigenvalue weighted by atomic mass is 32.1. The Morgan fingerprint density at radius 2 is 1.36 bits per heavy atom. The molecule has 0 aliphatic heterocycles. The highest BCUT2D eigenvalue weighted by Gasteiger charge is 2.29. The molecule has 7 heteroatoms. The molecule has 5 nitrogen and oxygen atoms in total. The van der Waals surface area contributed by atoms with Crippen molar-refractivity contribution in [2.75, 3.05) is 26.2 Å². The van der Waals surface area contributed by atoms with Crippen LogP contribution < -0.4 is 5.73 Å². The molecule has 3 saturated carbocycles. The van der Waals surface area contributed by atoms with Crippen molar-refractivity contribution in [3.8, 4) is 0 Å². The number of nitrogens with zero attached hydrogens (tertiary/aromatic N) is 1. The Morgan fingerprint density at radius 1 is 0.960 bits per heavy atom. The first-order valence-corrected chi connectivity index (χ1v) is 9.18. The lowest BCUT2D eigenvalue weighted by Gasteiger charge is -2.23. The molecular weight excluding hydrogens is 356 g/mol. The van der Waals surface area contributed by atoms with E-state index in [0.29, 0.717) is 12.5 Å². The van der Waals surface area contributed by atoms with Crippen LogP contribution in [0.1, 0.15) is 52.4 Å². The van der Waals surface area contributed by atoms with Crippen molar-refractivity contribution in [2.24, 2.45) is 23.5 Å². The Balaban J connectivity index is 0. The summed E-state index contributed by atoms with van der Waals surface area (Å²) in [5, 5.41) is 17.6. The van der Waals surface area contributed by atoms with Gasteiger partial charge in [0, 0.05) is 32.1 Å². The van der Waals surface area contributed by atoms with Gasteiger partial charge in [-0.05, 0) is 64.2 Å². The van der Waals surface area contributed by atoms with Gasteiger partial charge in [-0.25, -0.2) is 0 Å². The van der Waals surface area contributed by atoms with Crippen LogP contribution in [0.3, 0.4) is 0 Å². The van der Waals surface area contributed by atoms with Gasteiger partial charge in [0.25, 0.3) is 0 Å². The minimum Gasteiger partial charge on any atom is -0.392 e. The second kappa shape index (κ2) is 15.3. The second-order valence-electron chi connectivity index (χ2n) is 7.51. The minimum absolute atomic E-state index is 0. The number of hydrogen-bond donors (Lipinski definition) is 3. The van der Waals surface area contributed by atoms with Crippen LogP contribution in [-0.4, -0.2) is 59.8 Å². The minimum atomic E-state index is -0.338. The number of hydrogen-bond acceptors (Lipinski definition) is 5. The van der Waals surface area contributed by atoms with Gasteiger partial charge in [-0.15, -0.1) is 0 Å². The summed E-state index contributed by atoms with van der Waals surface area (Å²) in [6, 6.07) is 0. The molecule has 3 aliphatic carbocycles. The average Bonchev–Trinajstić information content (AvgIpc) is 3.35. The van der Waals surface area contributed by atoms with Crippen molar-refractivity contribution >= 4 is 33.3 Å². The fourth-order valence-corrected chi connectivity index (χ4v) is 2.16. The molecule has 25 heavy (non-hydrogen) atoms. The maximum atomic E-state index is 9.57. The van der Waals surface area contributed by atoms with E-state index in [9.17, 15) is 9.90 Å². The highest BCUT2D eigenvalue weighted by Crippen LogP contribution is 2.33. The van der Waals surface area contributed by atoms with Crippen LogP contribution in [0.15, 0.2) is 0 Å². The molecule has 2 atom stereocenters. The van der Waals surface area contributed by atoms with Crippen molar-refractivity contribution in [3.63, 3.8) is 0 Å². The molecular formula is C18H40N2O3S2. The van der Waals surface area contributed by atoms with Gasteiger partial charge in [0.2, 0.25) is 0 Å². The Kier molecular flexibility index (Phi) is 16.8. The molecule has 0 radical (unpaired) electrons. The Morgan fingerprint density at radius 3 is 1.52 bits per heavy atom. The zero-order chi connectivity index (χ0) is 17.2. The van der Waals surface area contributed by atoms with E-state index in [1.54, 1.807) is 6.92 Å². The number of rotatable bonds is 8. The molecule has 3 aliphatic rings. The van der Waals surface area contributed by atoms with E-state index < -0.39 is 0 Å². The maximum Gasteiger partial charge on any atom is 0.123 e. The summed E-state index contributed by atoms with van der Waals surface area (Å²) in [6.07, 6.45) is 8.49. The molecule has 0 amide bonds. The molecule has 152 valence electrons. The number of carbonyl (C=O) groups excluding carboxylic acids is 1. The summed E-state index contributed by atoms with van der Waals surface area (Å²) >= 11 is 0. The lowest BCUT2D eigenvalue weighted by Crippen LogP contribution is -2.34. The molecule has 0 aromatic carbocycles. The average molecular weight is 397 g/mol. The van der Waals surface area contributed by atoms with Crippen molar-refractivity contribution < 1.29 is 15.0 Å². The summed E-state index contributed by atoms with van der Waals surface area (Å²) in [5.74, 6) is 2.37. The van der Waals surface area contributed by atoms with Crippen LogP contribution in [0, 0.1) is 17.8 Å². The number of aldehydes is 1. The van der Waals surface area contributed by atoms with Crippen LogP contribution in [0.25, 0.3) is 0 Å². The van der Waals surface area contributed by atoms with Gasteiger partial charge in [-0.3, -0.25) is 0 Å². The van der Waals surface area contributed by atoms with Gasteiger partial charge in [-0.1, -0.05) is 0 Å². The first-order valence-electron chi connectivity index (χ1n) is 9.18. The van der Waals surface area contributed by atoms with Crippen molar-refractivity contribution in [1.82, 2.24) is 4.90 Å². The molecule has 3 fully saturated rings. The third-order valence-electron chi connectivity index (χ3n) is 4.10. The van der Waals surface area contributed by atoms with Gasteiger partial charge >= 0.3 is 0 Å². The lowest BCUT2D eigenvalue weighted by atomic mass is 10.2. The lowest BCUT2D eigenvalue weighted by molar-refractivity contribution is -0.108. The van der Waals surface area contributed by atoms with Crippen LogP contribution >= 0.6 is 27.0 Å². The number of aliphatic hydroxyl groups excluding tert-OH is 2. The second-order valence-corrected chi connectivity index (χ2v) is 7.51. The van der Waals surface area contributed by atoms with E-state index in [2.05, 4.69) is 4.90 Å². The third-order valence-corrected chi connectivity index (χ3v) is 4.10. The van der Waals surface area contributed by atoms with E-state index in [4.69, 9.17) is 10.8 Å². The molecule has 0 saturated heterocycles. The van der Waals surface area contributed by atoms with Crippen molar-refractivity contribution in [2.45, 2.75) is 64.6 Å². The van der Waals surface area contributed by atoms with E-state index in [1.165, 1.54) is 38.8 Å². The Hall–Kier alpha value is 0.210. The maximum absolute atomic E-state index is 9.57. The fraction of sp³-hybridized carbons (Fsp3) is 0.944. The van der Waals surface area contributed by atoms with E-state index in [1.807, 2.05) is 6.92 Å². The number of carbonyl (C=O) groups is 1. The predicted octanol–water partition coefficient (Wildman–Crippen LogP) is 1.64. The number of nitrogens with two attached hydrogens (primary N) is 1. The molecule has 0 aromatic rings. The summed E-state index contributed by atoms with van der Waals surface area (Å²) in [5.41, 5.74) is 4.92. The highest BCUT2D eigenvalue weighted by molar-refractivity contribution is 7.59. The van der Waals surface area contributed by atoms with Crippen LogP contribution in [0.5, 0.6) is 0 Å². The summed E-state index contributed by atoms with van der Waals surface area (Å²) < 4.78 is 0. The van der Waals surface area contributed by atoms with Crippen LogP contribution in [0.2, 0.25) is 0 Å². The summed E-state index contributed by atoms with van der Waals surface area (Å²) in [4.78, 5) is 12.0. The first kappa shape index (κ1) is 27.4. The zero-order valence-corrected chi connectivity index (χ0v) is 17.9. The molecule has 0 heterocycles. The fourth-order valence-electron chi connectivity index (χ4n) is 2.16. The molecule has 4 N–H and O–H groups in total. The van der Waals surface area contributed by atoms with Crippen LogP contribution in [0.4, 0.5) is 0 Å². The zero-order valence-electron chi connectivity index (χ0n) is 15.9. The smallest absolute Gasteiger partial charge is 0.123 e. The molecule has 0 aromatic heterocycles. The first-order chi connectivity index (χ1) is 10.9. The Labute approximate surface area is 167 Å². The largest absolute Gasteiger partial charge is 0.392 e. The van der Waals surface area contributed by atoms with Crippen LogP contribution in [-0.2, 0) is 4.79 Å². The van der Waals surface area contributed by atoms with E-state index >= 15 is 0 Å². The molecule has 0 unspecified atom stereocenters. The van der Waals surface area contributed by atoms with Gasteiger partial charge in [0.1, 0.15) is 6.29 Å². The molecule has 0 spiro atoms. The monoisotopic (exact) mass is 396 g/mol. The third kappa shape index (κ3) is 18.8. The van der Waals surface area contributed by atoms with Gasteiger partial charge in [0.15, 0.2) is 0 Å². The van der Waals surface area contributed by atoms with Gasteiger partial charge in [0.05, 0.1) is 12.2 Å². The quantitative estimate of drug-likeness (QED) is 0.543. The topological polar surface area (TPSA) is 86.8 Å². The number of aliphatic hydroxyl groups is 2. The Bertz CT molecular complexity index is 302. The van der Waals surface area contributed by atoms with Crippen molar-refractivity contribution in [1.29, 1.82) is 0 Å². The molecule has 0 bridgehead atoms. The predicted molar refractivity (Wildman–Crippen MR) is 114 cm³/mol.